The number of benzene rings is 2. The second-order valence-corrected chi connectivity index (χ2v) is 23.7. The molecular formula is C40H59Mn2P4-. The summed E-state index contributed by atoms with van der Waals surface area (Å²) >= 11 is 6.76. The maximum atomic E-state index is 3.38. The first-order valence-electron chi connectivity index (χ1n) is 15.8. The van der Waals surface area contributed by atoms with Crippen LogP contribution >= 0.6 is 31.7 Å². The van der Waals surface area contributed by atoms with E-state index in [-0.39, 0.29) is 19.8 Å². The molecule has 0 spiro atoms. The molecule has 4 rings (SSSR count). The Bertz CT molecular complexity index is 1120. The van der Waals surface area contributed by atoms with Crippen LogP contribution in [-0.2, 0) is 30.8 Å². The standard InChI is InChI=1S/C16H12.2C6H16P2.2C6H7.2Mn/c1-13(15-9-5-3-6-10-15)14(2)16-11-7-4-8-12-16;2*1-7(2)5-6-8(3)4;2*1-6-4-2-3-5-6;;/h3-14H;2*5-6H2,1-4H3;2*2-5H,1H3;;/q;;;2*-1;;/p+1. The topological polar surface area (TPSA) is 0 Å². The maximum absolute atomic E-state index is 3.38. The molecule has 46 heavy (non-hydrogen) atoms. The van der Waals surface area contributed by atoms with Crippen molar-refractivity contribution in [1.82, 2.24) is 0 Å². The zero-order valence-electron chi connectivity index (χ0n) is 30.0. The Morgan fingerprint density at radius 2 is 1.13 bits per heavy atom. The van der Waals surface area contributed by atoms with Crippen molar-refractivity contribution in [3.05, 3.63) is 133 Å². The Morgan fingerprint density at radius 3 is 1.33 bits per heavy atom. The minimum absolute atomic E-state index is 0.0864. The van der Waals surface area contributed by atoms with Crippen LogP contribution in [-0.4, -0.2) is 78.0 Å². The predicted octanol–water partition coefficient (Wildman–Crippen LogP) is 11.5. The van der Waals surface area contributed by atoms with Crippen LogP contribution < -0.4 is 0 Å². The van der Waals surface area contributed by atoms with Gasteiger partial charge in [0.2, 0.25) is 0 Å². The normalized spacial score (nSPS) is 13.0. The molecule has 0 heterocycles. The molecule has 0 saturated carbocycles. The van der Waals surface area contributed by atoms with Gasteiger partial charge >= 0.3 is 124 Å². The van der Waals surface area contributed by atoms with Crippen LogP contribution in [0.5, 0.6) is 0 Å². The van der Waals surface area contributed by atoms with Gasteiger partial charge in [-0.05, 0) is 60.2 Å². The van der Waals surface area contributed by atoms with E-state index in [1.54, 1.807) is 0 Å². The third-order valence-corrected chi connectivity index (χ3v) is 12.7. The number of rotatable bonds is 9. The van der Waals surface area contributed by atoms with Gasteiger partial charge in [0.15, 0.2) is 0 Å². The van der Waals surface area contributed by atoms with Crippen molar-refractivity contribution < 1.29 is 30.8 Å². The fourth-order valence-corrected chi connectivity index (χ4v) is 11.3. The second kappa shape index (κ2) is 29.6. The molecule has 1 aliphatic carbocycles. The van der Waals surface area contributed by atoms with Crippen LogP contribution in [0.3, 0.4) is 0 Å². The van der Waals surface area contributed by atoms with Crippen molar-refractivity contribution in [3.8, 4) is 9.46 Å². The molecule has 6 heteroatoms. The van der Waals surface area contributed by atoms with Crippen molar-refractivity contribution >= 4 is 31.7 Å². The average Bonchev–Trinajstić information content (AvgIpc) is 3.73. The van der Waals surface area contributed by atoms with Gasteiger partial charge in [0, 0.05) is 19.5 Å². The van der Waals surface area contributed by atoms with Gasteiger partial charge < -0.3 is 0 Å². The monoisotopic (exact) mass is 773 g/mol. The molecule has 0 nitrogen and oxygen atoms in total. The van der Waals surface area contributed by atoms with E-state index in [1.807, 2.05) is 61.0 Å². The van der Waals surface area contributed by atoms with Gasteiger partial charge in [0.05, 0.1) is 6.16 Å². The van der Waals surface area contributed by atoms with Gasteiger partial charge in [-0.3, -0.25) is 0 Å². The van der Waals surface area contributed by atoms with Crippen LogP contribution in [0.4, 0.5) is 0 Å². The van der Waals surface area contributed by atoms with E-state index in [0.717, 1.165) is 0 Å². The van der Waals surface area contributed by atoms with E-state index in [2.05, 4.69) is 156 Å². The molecule has 3 aromatic carbocycles. The Balaban J connectivity index is 0.000000606. The molecule has 0 aliphatic heterocycles. The number of allylic oxidation sites excluding steroid dienone is 2. The molecule has 2 unspecified atom stereocenters. The first-order valence-corrected chi connectivity index (χ1v) is 27.0. The molecule has 0 fully saturated rings. The molecule has 0 amide bonds. The van der Waals surface area contributed by atoms with Crippen LogP contribution in [0.15, 0.2) is 97.1 Å². The summed E-state index contributed by atoms with van der Waals surface area (Å²) in [6.07, 6.45) is 14.2. The summed E-state index contributed by atoms with van der Waals surface area (Å²) < 4.78 is 6.38. The molecule has 2 atom stereocenters. The summed E-state index contributed by atoms with van der Waals surface area (Å²) in [5, 5.41) is 0. The third-order valence-electron chi connectivity index (χ3n) is 6.60. The summed E-state index contributed by atoms with van der Waals surface area (Å²) in [5.74, 6) is 1.61. The fraction of sp³-hybridized carbons (Fsp3) is 0.400. The van der Waals surface area contributed by atoms with E-state index in [4.69, 9.17) is 0 Å². The second-order valence-electron chi connectivity index (χ2n) is 12.3. The number of hydrogen-bond donors (Lipinski definition) is 0. The SMILES string of the molecule is CP(C)CCP(C)C.CP(C)CC[PH+](C)C.C[C]1[CH][CH-]C=C1.Cc1ccc[cH-]1.[Mn]#[C]C(c1ccccc1)C([C]#[Mn])c1ccccc1. The van der Waals surface area contributed by atoms with Crippen LogP contribution in [0.1, 0.15) is 35.4 Å². The molecule has 0 N–H and O–H groups in total. The zero-order chi connectivity index (χ0) is 34.7. The zero-order valence-corrected chi connectivity index (χ0v) is 36.0. The van der Waals surface area contributed by atoms with Gasteiger partial charge in [-0.25, -0.2) is 30.7 Å². The van der Waals surface area contributed by atoms with Crippen LogP contribution in [0.25, 0.3) is 0 Å². The molecule has 3 aromatic rings. The fourth-order valence-electron chi connectivity index (χ4n) is 3.75. The Hall–Kier alpha value is -0.281. The summed E-state index contributed by atoms with van der Waals surface area (Å²) in [6.45, 7) is 23.1. The molecule has 0 aromatic heterocycles. The predicted molar refractivity (Wildman–Crippen MR) is 216 cm³/mol. The van der Waals surface area contributed by atoms with E-state index in [9.17, 15) is 0 Å². The van der Waals surface area contributed by atoms with Gasteiger partial charge in [0.25, 0.3) is 0 Å². The van der Waals surface area contributed by atoms with Crippen molar-refractivity contribution in [1.29, 1.82) is 0 Å². The van der Waals surface area contributed by atoms with E-state index < -0.39 is 0 Å². The van der Waals surface area contributed by atoms with Crippen molar-refractivity contribution in [3.63, 3.8) is 0 Å². The van der Waals surface area contributed by atoms with Gasteiger partial charge in [-0.2, -0.15) is 17.7 Å². The van der Waals surface area contributed by atoms with Gasteiger partial charge in [-0.15, -0.1) is 30.2 Å². The van der Waals surface area contributed by atoms with Crippen molar-refractivity contribution in [2.75, 3.05) is 78.0 Å². The first kappa shape index (κ1) is 45.7. The van der Waals surface area contributed by atoms with Crippen molar-refractivity contribution in [2.45, 2.75) is 25.7 Å². The first-order chi connectivity index (χ1) is 21.9. The van der Waals surface area contributed by atoms with E-state index >= 15 is 0 Å². The number of aryl methyl sites for hydroxylation is 1. The summed E-state index contributed by atoms with van der Waals surface area (Å²) in [7, 11) is 1.25. The molecule has 0 saturated heterocycles. The third kappa shape index (κ3) is 25.7. The van der Waals surface area contributed by atoms with Gasteiger partial charge in [-0.1, -0.05) is 19.8 Å². The van der Waals surface area contributed by atoms with E-state index in [1.165, 1.54) is 47.3 Å². The quantitative estimate of drug-likeness (QED) is 0.115. The van der Waals surface area contributed by atoms with E-state index in [0.29, 0.717) is 23.8 Å². The summed E-state index contributed by atoms with van der Waals surface area (Å²) in [4.78, 5) is 0. The Kier molecular flexibility index (Phi) is 29.4. The number of hydrogen-bond acceptors (Lipinski definition) is 0. The van der Waals surface area contributed by atoms with Crippen LogP contribution in [0, 0.1) is 35.1 Å². The minimum atomic E-state index is 0.0864. The summed E-state index contributed by atoms with van der Waals surface area (Å²) in [5.41, 5.74) is 3.78. The Labute approximate surface area is 306 Å². The molecule has 1 aliphatic rings. The Morgan fingerprint density at radius 1 is 0.674 bits per heavy atom. The molecule has 254 valence electrons. The van der Waals surface area contributed by atoms with Gasteiger partial charge in [0.1, 0.15) is 0 Å². The molecule has 0 bridgehead atoms. The van der Waals surface area contributed by atoms with Crippen molar-refractivity contribution in [2.24, 2.45) is 0 Å². The van der Waals surface area contributed by atoms with Crippen LogP contribution in [0.2, 0.25) is 0 Å². The average molecular weight is 774 g/mol. The molecular weight excluding hydrogens is 714 g/mol. The molecule has 2 radical (unpaired) electrons. The summed E-state index contributed by atoms with van der Waals surface area (Å²) in [6, 6.07) is 28.9.